The highest BCUT2D eigenvalue weighted by Gasteiger charge is 2.26. The first kappa shape index (κ1) is 15.8. The van der Waals surface area contributed by atoms with Gasteiger partial charge in [0, 0.05) is 17.6 Å². The van der Waals surface area contributed by atoms with Crippen LogP contribution < -0.4 is 15.4 Å². The Morgan fingerprint density at radius 1 is 1.38 bits per heavy atom. The molecular weight excluding hydrogens is 264 g/mol. The van der Waals surface area contributed by atoms with E-state index in [-0.39, 0.29) is 11.9 Å². The lowest BCUT2D eigenvalue weighted by Crippen LogP contribution is -2.37. The minimum absolute atomic E-state index is 0.0268. The van der Waals surface area contributed by atoms with E-state index in [2.05, 4.69) is 36.6 Å². The van der Waals surface area contributed by atoms with Crippen LogP contribution in [0.5, 0.6) is 5.75 Å². The van der Waals surface area contributed by atoms with E-state index in [1.165, 1.54) is 0 Å². The third-order valence-corrected chi connectivity index (χ3v) is 3.74. The molecule has 2 atom stereocenters. The van der Waals surface area contributed by atoms with Gasteiger partial charge >= 0.3 is 0 Å². The van der Waals surface area contributed by atoms with E-state index >= 15 is 0 Å². The number of benzene rings is 1. The molecule has 21 heavy (non-hydrogen) atoms. The smallest absolute Gasteiger partial charge is 0.260 e. The SMILES string of the molecule is CCNC(C)c1ccc(C)cc1OC(C)C(=O)NC1CC1. The summed E-state index contributed by atoms with van der Waals surface area (Å²) in [6.07, 6.45) is 1.71. The molecule has 1 aromatic rings. The Kier molecular flexibility index (Phi) is 5.23. The number of ether oxygens (including phenoxy) is 1. The summed E-state index contributed by atoms with van der Waals surface area (Å²) >= 11 is 0. The highest BCUT2D eigenvalue weighted by Crippen LogP contribution is 2.27. The zero-order valence-corrected chi connectivity index (χ0v) is 13.4. The van der Waals surface area contributed by atoms with Crippen LogP contribution in [0.25, 0.3) is 0 Å². The maximum Gasteiger partial charge on any atom is 0.260 e. The maximum atomic E-state index is 12.0. The molecular formula is C17H26N2O2. The van der Waals surface area contributed by atoms with Crippen LogP contribution in [0, 0.1) is 6.92 Å². The molecule has 1 fully saturated rings. The Balaban J connectivity index is 2.09. The first-order chi connectivity index (χ1) is 10.0. The van der Waals surface area contributed by atoms with Crippen molar-refractivity contribution in [2.75, 3.05) is 6.54 Å². The number of carbonyl (C=O) groups is 1. The van der Waals surface area contributed by atoms with Gasteiger partial charge in [-0.2, -0.15) is 0 Å². The zero-order valence-electron chi connectivity index (χ0n) is 13.4. The van der Waals surface area contributed by atoms with Gasteiger partial charge in [-0.25, -0.2) is 0 Å². The molecule has 1 aromatic carbocycles. The summed E-state index contributed by atoms with van der Waals surface area (Å²) in [5, 5.41) is 6.37. The molecule has 0 radical (unpaired) electrons. The molecule has 116 valence electrons. The lowest BCUT2D eigenvalue weighted by atomic mass is 10.0. The number of carbonyl (C=O) groups excluding carboxylic acids is 1. The van der Waals surface area contributed by atoms with Crippen LogP contribution in [0.15, 0.2) is 18.2 Å². The van der Waals surface area contributed by atoms with Gasteiger partial charge in [0.25, 0.3) is 5.91 Å². The van der Waals surface area contributed by atoms with Crippen molar-refractivity contribution >= 4 is 5.91 Å². The molecule has 4 nitrogen and oxygen atoms in total. The fraction of sp³-hybridized carbons (Fsp3) is 0.588. The molecule has 0 heterocycles. The standard InChI is InChI=1S/C17H26N2O2/c1-5-18-12(3)15-9-6-11(2)10-16(15)21-13(4)17(20)19-14-7-8-14/h6,9-10,12-14,18H,5,7-8H2,1-4H3,(H,19,20). The number of rotatable bonds is 7. The molecule has 0 aliphatic heterocycles. The second-order valence-corrected chi connectivity index (χ2v) is 5.86. The molecule has 2 rings (SSSR count). The van der Waals surface area contributed by atoms with Gasteiger partial charge in [0.1, 0.15) is 5.75 Å². The van der Waals surface area contributed by atoms with E-state index in [4.69, 9.17) is 4.74 Å². The van der Waals surface area contributed by atoms with Crippen molar-refractivity contribution < 1.29 is 9.53 Å². The highest BCUT2D eigenvalue weighted by molar-refractivity contribution is 5.81. The number of hydrogen-bond donors (Lipinski definition) is 2. The molecule has 2 unspecified atom stereocenters. The topological polar surface area (TPSA) is 50.4 Å². The van der Waals surface area contributed by atoms with Crippen LogP contribution in [-0.2, 0) is 4.79 Å². The largest absolute Gasteiger partial charge is 0.481 e. The number of aryl methyl sites for hydroxylation is 1. The average molecular weight is 290 g/mol. The number of nitrogens with one attached hydrogen (secondary N) is 2. The predicted molar refractivity (Wildman–Crippen MR) is 84.5 cm³/mol. The Morgan fingerprint density at radius 2 is 2.10 bits per heavy atom. The highest BCUT2D eigenvalue weighted by atomic mass is 16.5. The van der Waals surface area contributed by atoms with Crippen LogP contribution in [0.4, 0.5) is 0 Å². The summed E-state index contributed by atoms with van der Waals surface area (Å²) in [4.78, 5) is 12.0. The predicted octanol–water partition coefficient (Wildman–Crippen LogP) is 2.71. The normalized spacial score (nSPS) is 17.1. The van der Waals surface area contributed by atoms with E-state index in [0.29, 0.717) is 6.04 Å². The Morgan fingerprint density at radius 3 is 2.71 bits per heavy atom. The van der Waals surface area contributed by atoms with Crippen molar-refractivity contribution in [3.8, 4) is 5.75 Å². The van der Waals surface area contributed by atoms with Gasteiger partial charge in [-0.05, 0) is 51.8 Å². The van der Waals surface area contributed by atoms with Crippen molar-refractivity contribution in [3.63, 3.8) is 0 Å². The van der Waals surface area contributed by atoms with Crippen LogP contribution in [-0.4, -0.2) is 24.6 Å². The lowest BCUT2D eigenvalue weighted by molar-refractivity contribution is -0.127. The van der Waals surface area contributed by atoms with Gasteiger partial charge in [0.2, 0.25) is 0 Å². The Labute approximate surface area is 127 Å². The Hall–Kier alpha value is -1.55. The summed E-state index contributed by atoms with van der Waals surface area (Å²) in [5.41, 5.74) is 2.22. The summed E-state index contributed by atoms with van der Waals surface area (Å²) in [7, 11) is 0. The minimum atomic E-state index is -0.472. The maximum absolute atomic E-state index is 12.0. The fourth-order valence-corrected chi connectivity index (χ4v) is 2.31. The van der Waals surface area contributed by atoms with Crippen LogP contribution in [0.3, 0.4) is 0 Å². The molecule has 0 aromatic heterocycles. The van der Waals surface area contributed by atoms with E-state index < -0.39 is 6.10 Å². The van der Waals surface area contributed by atoms with Gasteiger partial charge in [0.05, 0.1) is 0 Å². The van der Waals surface area contributed by atoms with Crippen molar-refractivity contribution in [1.82, 2.24) is 10.6 Å². The second kappa shape index (κ2) is 6.94. The van der Waals surface area contributed by atoms with Crippen LogP contribution in [0.2, 0.25) is 0 Å². The molecule has 4 heteroatoms. The fourth-order valence-electron chi connectivity index (χ4n) is 2.31. The molecule has 1 aliphatic carbocycles. The number of hydrogen-bond acceptors (Lipinski definition) is 3. The van der Waals surface area contributed by atoms with Crippen molar-refractivity contribution in [1.29, 1.82) is 0 Å². The lowest BCUT2D eigenvalue weighted by Gasteiger charge is -2.21. The zero-order chi connectivity index (χ0) is 15.4. The Bertz CT molecular complexity index is 498. The third-order valence-electron chi connectivity index (χ3n) is 3.74. The van der Waals surface area contributed by atoms with E-state index in [9.17, 15) is 4.79 Å². The average Bonchev–Trinajstić information content (AvgIpc) is 3.23. The monoisotopic (exact) mass is 290 g/mol. The quantitative estimate of drug-likeness (QED) is 0.812. The second-order valence-electron chi connectivity index (χ2n) is 5.86. The van der Waals surface area contributed by atoms with Crippen molar-refractivity contribution in [3.05, 3.63) is 29.3 Å². The van der Waals surface area contributed by atoms with Crippen molar-refractivity contribution in [2.24, 2.45) is 0 Å². The minimum Gasteiger partial charge on any atom is -0.481 e. The first-order valence-corrected chi connectivity index (χ1v) is 7.82. The van der Waals surface area contributed by atoms with Gasteiger partial charge in [-0.15, -0.1) is 0 Å². The van der Waals surface area contributed by atoms with Gasteiger partial charge in [0.15, 0.2) is 6.10 Å². The third kappa shape index (κ3) is 4.46. The summed E-state index contributed by atoms with van der Waals surface area (Å²) in [5.74, 6) is 0.767. The molecule has 1 saturated carbocycles. The first-order valence-electron chi connectivity index (χ1n) is 7.82. The summed E-state index contributed by atoms with van der Waals surface area (Å²) in [6.45, 7) is 8.92. The van der Waals surface area contributed by atoms with E-state index in [1.54, 1.807) is 0 Å². The van der Waals surface area contributed by atoms with Crippen molar-refractivity contribution in [2.45, 2.75) is 58.7 Å². The molecule has 2 N–H and O–H groups in total. The molecule has 0 saturated heterocycles. The summed E-state index contributed by atoms with van der Waals surface area (Å²) in [6, 6.07) is 6.71. The van der Waals surface area contributed by atoms with Gasteiger partial charge in [-0.3, -0.25) is 4.79 Å². The van der Waals surface area contributed by atoms with E-state index in [0.717, 1.165) is 36.3 Å². The number of amides is 1. The molecule has 0 bridgehead atoms. The molecule has 0 spiro atoms. The van der Waals surface area contributed by atoms with Crippen LogP contribution in [0.1, 0.15) is 50.8 Å². The van der Waals surface area contributed by atoms with E-state index in [1.807, 2.05) is 19.9 Å². The van der Waals surface area contributed by atoms with Gasteiger partial charge in [-0.1, -0.05) is 19.1 Å². The van der Waals surface area contributed by atoms with Crippen LogP contribution >= 0.6 is 0 Å². The molecule has 1 amide bonds. The van der Waals surface area contributed by atoms with Gasteiger partial charge < -0.3 is 15.4 Å². The molecule has 1 aliphatic rings. The summed E-state index contributed by atoms with van der Waals surface area (Å²) < 4.78 is 5.93.